The van der Waals surface area contributed by atoms with Crippen molar-refractivity contribution < 1.29 is 9.84 Å². The number of piperidine rings is 1. The van der Waals surface area contributed by atoms with Crippen molar-refractivity contribution in [3.63, 3.8) is 0 Å². The number of rotatable bonds is 3. The first-order valence-corrected chi connectivity index (χ1v) is 9.01. The van der Waals surface area contributed by atoms with Gasteiger partial charge in [0.2, 0.25) is 0 Å². The Labute approximate surface area is 143 Å². The summed E-state index contributed by atoms with van der Waals surface area (Å²) in [5.41, 5.74) is 1.53. The number of likely N-dealkylation sites (tertiary alicyclic amines) is 1. The molecule has 1 spiro atoms. The van der Waals surface area contributed by atoms with E-state index in [4.69, 9.17) is 16.3 Å². The van der Waals surface area contributed by atoms with Crippen LogP contribution in [0.15, 0.2) is 0 Å². The second-order valence-electron chi connectivity index (χ2n) is 7.42. The van der Waals surface area contributed by atoms with Gasteiger partial charge in [-0.05, 0) is 32.6 Å². The summed E-state index contributed by atoms with van der Waals surface area (Å²) >= 11 is 6.41. The second kappa shape index (κ2) is 6.36. The number of ether oxygens (including phenoxy) is 1. The van der Waals surface area contributed by atoms with E-state index >= 15 is 0 Å². The lowest BCUT2D eigenvalue weighted by molar-refractivity contribution is -0.173. The fourth-order valence-electron chi connectivity index (χ4n) is 4.02. The highest BCUT2D eigenvalue weighted by atomic mass is 35.5. The normalized spacial score (nSPS) is 28.4. The highest BCUT2D eigenvalue weighted by Gasteiger charge is 2.44. The fourth-order valence-corrected chi connectivity index (χ4v) is 4.23. The average molecular weight is 342 g/mol. The first-order valence-electron chi connectivity index (χ1n) is 8.63. The third-order valence-electron chi connectivity index (χ3n) is 5.39. The van der Waals surface area contributed by atoms with Crippen molar-refractivity contribution >= 4 is 11.6 Å². The predicted molar refractivity (Wildman–Crippen MR) is 90.6 cm³/mol. The molecule has 0 saturated carbocycles. The van der Waals surface area contributed by atoms with Crippen LogP contribution in [0.2, 0.25) is 5.15 Å². The number of nitrogens with zero attached hydrogens (tertiary/aromatic N) is 3. The standard InChI is InChI=1S/C17H28ClN3O2/c1-4-14-13(15(18)20(3)19-14)11-21-8-5-17(6-9-21)12-16(2,22)7-10-23-17/h22H,4-12H2,1-3H3. The molecule has 6 heteroatoms. The molecule has 2 fully saturated rings. The summed E-state index contributed by atoms with van der Waals surface area (Å²) < 4.78 is 7.85. The Morgan fingerprint density at radius 3 is 2.61 bits per heavy atom. The fraction of sp³-hybridized carbons (Fsp3) is 0.824. The predicted octanol–water partition coefficient (Wildman–Crippen LogP) is 2.53. The van der Waals surface area contributed by atoms with Gasteiger partial charge in [0, 0.05) is 38.7 Å². The van der Waals surface area contributed by atoms with E-state index in [-0.39, 0.29) is 5.60 Å². The molecule has 1 unspecified atom stereocenters. The second-order valence-corrected chi connectivity index (χ2v) is 7.78. The summed E-state index contributed by atoms with van der Waals surface area (Å²) in [4.78, 5) is 2.43. The van der Waals surface area contributed by atoms with Crippen LogP contribution in [-0.2, 0) is 24.8 Å². The van der Waals surface area contributed by atoms with Crippen molar-refractivity contribution in [2.75, 3.05) is 19.7 Å². The summed E-state index contributed by atoms with van der Waals surface area (Å²) in [6, 6.07) is 0. The van der Waals surface area contributed by atoms with Gasteiger partial charge in [0.25, 0.3) is 0 Å². The van der Waals surface area contributed by atoms with E-state index < -0.39 is 5.60 Å². The van der Waals surface area contributed by atoms with Gasteiger partial charge in [-0.1, -0.05) is 18.5 Å². The number of halogens is 1. The molecule has 0 aromatic carbocycles. The smallest absolute Gasteiger partial charge is 0.131 e. The first kappa shape index (κ1) is 17.2. The minimum Gasteiger partial charge on any atom is -0.390 e. The van der Waals surface area contributed by atoms with Gasteiger partial charge in [0.15, 0.2) is 0 Å². The lowest BCUT2D eigenvalue weighted by atomic mass is 9.78. The molecule has 0 radical (unpaired) electrons. The van der Waals surface area contributed by atoms with E-state index in [0.29, 0.717) is 6.61 Å². The van der Waals surface area contributed by atoms with E-state index in [1.54, 1.807) is 4.68 Å². The van der Waals surface area contributed by atoms with Crippen LogP contribution in [0.3, 0.4) is 0 Å². The topological polar surface area (TPSA) is 50.5 Å². The highest BCUT2D eigenvalue weighted by Crippen LogP contribution is 2.39. The third kappa shape index (κ3) is 3.58. The average Bonchev–Trinajstić information content (AvgIpc) is 2.76. The summed E-state index contributed by atoms with van der Waals surface area (Å²) in [5.74, 6) is 0. The SMILES string of the molecule is CCc1nn(C)c(Cl)c1CN1CCC2(CC1)CC(C)(O)CCO2. The zero-order valence-electron chi connectivity index (χ0n) is 14.4. The van der Waals surface area contributed by atoms with Crippen molar-refractivity contribution in [1.29, 1.82) is 0 Å². The van der Waals surface area contributed by atoms with Gasteiger partial charge in [0.1, 0.15) is 5.15 Å². The number of aromatic nitrogens is 2. The van der Waals surface area contributed by atoms with Gasteiger partial charge < -0.3 is 9.84 Å². The first-order chi connectivity index (χ1) is 10.8. The lowest BCUT2D eigenvalue weighted by Gasteiger charge is -2.48. The summed E-state index contributed by atoms with van der Waals surface area (Å²) in [6.07, 6.45) is 4.34. The number of aliphatic hydroxyl groups is 1. The van der Waals surface area contributed by atoms with Crippen LogP contribution in [0.25, 0.3) is 0 Å². The van der Waals surface area contributed by atoms with Crippen LogP contribution in [0.1, 0.15) is 50.8 Å². The molecule has 1 aromatic rings. The zero-order chi connectivity index (χ0) is 16.7. The Bertz CT molecular complexity index is 562. The molecule has 0 amide bonds. The van der Waals surface area contributed by atoms with Gasteiger partial charge in [-0.2, -0.15) is 5.10 Å². The number of hydrogen-bond acceptors (Lipinski definition) is 4. The quantitative estimate of drug-likeness (QED) is 0.918. The minimum absolute atomic E-state index is 0.134. The van der Waals surface area contributed by atoms with Crippen LogP contribution < -0.4 is 0 Å². The van der Waals surface area contributed by atoms with Gasteiger partial charge in [-0.3, -0.25) is 9.58 Å². The Hall–Kier alpha value is -0.620. The van der Waals surface area contributed by atoms with Gasteiger partial charge >= 0.3 is 0 Å². The summed E-state index contributed by atoms with van der Waals surface area (Å²) in [7, 11) is 1.90. The Kier molecular flexibility index (Phi) is 4.76. The van der Waals surface area contributed by atoms with Crippen molar-refractivity contribution in [2.24, 2.45) is 7.05 Å². The molecular weight excluding hydrogens is 314 g/mol. The van der Waals surface area contributed by atoms with Crippen LogP contribution in [0, 0.1) is 0 Å². The molecule has 0 bridgehead atoms. The zero-order valence-corrected chi connectivity index (χ0v) is 15.2. The number of hydrogen-bond donors (Lipinski definition) is 1. The molecule has 2 aliphatic rings. The Morgan fingerprint density at radius 1 is 1.30 bits per heavy atom. The molecule has 1 N–H and O–H groups in total. The molecule has 1 aromatic heterocycles. The molecule has 130 valence electrons. The maximum absolute atomic E-state index is 10.4. The monoisotopic (exact) mass is 341 g/mol. The molecule has 2 saturated heterocycles. The number of aryl methyl sites for hydroxylation is 2. The molecule has 3 heterocycles. The largest absolute Gasteiger partial charge is 0.390 e. The van der Waals surface area contributed by atoms with Crippen LogP contribution in [-0.4, -0.2) is 50.7 Å². The van der Waals surface area contributed by atoms with Crippen molar-refractivity contribution in [2.45, 2.75) is 63.7 Å². The van der Waals surface area contributed by atoms with Crippen LogP contribution in [0.5, 0.6) is 0 Å². The molecule has 3 rings (SSSR count). The van der Waals surface area contributed by atoms with E-state index in [2.05, 4.69) is 16.9 Å². The van der Waals surface area contributed by atoms with E-state index in [0.717, 1.165) is 68.1 Å². The van der Waals surface area contributed by atoms with E-state index in [1.807, 2.05) is 14.0 Å². The van der Waals surface area contributed by atoms with Gasteiger partial charge in [-0.25, -0.2) is 0 Å². The van der Waals surface area contributed by atoms with Crippen molar-refractivity contribution in [3.05, 3.63) is 16.4 Å². The molecule has 1 atom stereocenters. The summed E-state index contributed by atoms with van der Waals surface area (Å²) in [6.45, 7) is 7.52. The maximum atomic E-state index is 10.4. The summed E-state index contributed by atoms with van der Waals surface area (Å²) in [5, 5.41) is 15.6. The van der Waals surface area contributed by atoms with Gasteiger partial charge in [0.05, 0.1) is 23.5 Å². The van der Waals surface area contributed by atoms with E-state index in [1.165, 1.54) is 0 Å². The Balaban J connectivity index is 1.64. The maximum Gasteiger partial charge on any atom is 0.131 e. The van der Waals surface area contributed by atoms with Gasteiger partial charge in [-0.15, -0.1) is 0 Å². The molecule has 2 aliphatic heterocycles. The van der Waals surface area contributed by atoms with Crippen molar-refractivity contribution in [1.82, 2.24) is 14.7 Å². The van der Waals surface area contributed by atoms with Crippen molar-refractivity contribution in [3.8, 4) is 0 Å². The van der Waals surface area contributed by atoms with Crippen LogP contribution >= 0.6 is 11.6 Å². The van der Waals surface area contributed by atoms with Crippen LogP contribution in [0.4, 0.5) is 0 Å². The molecule has 5 nitrogen and oxygen atoms in total. The third-order valence-corrected chi connectivity index (χ3v) is 5.86. The molecule has 23 heavy (non-hydrogen) atoms. The Morgan fingerprint density at radius 2 is 2.00 bits per heavy atom. The molecular formula is C17H28ClN3O2. The highest BCUT2D eigenvalue weighted by molar-refractivity contribution is 6.30. The van der Waals surface area contributed by atoms with E-state index in [9.17, 15) is 5.11 Å². The lowest BCUT2D eigenvalue weighted by Crippen LogP contribution is -2.53. The minimum atomic E-state index is -0.581. The molecule has 0 aliphatic carbocycles.